The van der Waals surface area contributed by atoms with Gasteiger partial charge in [-0.25, -0.2) is 18.1 Å². The Bertz CT molecular complexity index is 1710. The van der Waals surface area contributed by atoms with Crippen LogP contribution in [0.25, 0.3) is 22.3 Å². The third-order valence-electron chi connectivity index (χ3n) is 7.99. The number of carbonyl (C=O) groups is 1. The Balaban J connectivity index is 1.42. The molecule has 1 amide bonds. The number of piperazine rings is 1. The molecule has 0 radical (unpaired) electrons. The first-order valence-electron chi connectivity index (χ1n) is 13.7. The highest BCUT2D eigenvalue weighted by Crippen LogP contribution is 2.36. The van der Waals surface area contributed by atoms with Crippen molar-refractivity contribution in [2.24, 2.45) is 0 Å². The number of fused-ring (bicyclic) bond motifs is 1. The Hall–Kier alpha value is -4.12. The molecule has 11 heteroatoms. The lowest BCUT2D eigenvalue weighted by molar-refractivity contribution is 0.0748. The third-order valence-corrected chi connectivity index (χ3v) is 9.74. The van der Waals surface area contributed by atoms with E-state index in [-0.39, 0.29) is 23.5 Å². The molecule has 6 rings (SSSR count). The number of benzene rings is 2. The van der Waals surface area contributed by atoms with E-state index in [1.165, 1.54) is 0 Å². The number of anilines is 1. The predicted octanol–water partition coefficient (Wildman–Crippen LogP) is 3.75. The molecule has 2 aromatic carbocycles. The molecule has 2 fully saturated rings. The van der Waals surface area contributed by atoms with Gasteiger partial charge in [-0.15, -0.1) is 0 Å². The highest BCUT2D eigenvalue weighted by molar-refractivity contribution is 7.91. The van der Waals surface area contributed by atoms with Crippen molar-refractivity contribution in [3.8, 4) is 22.8 Å². The molecule has 214 valence electrons. The van der Waals surface area contributed by atoms with Crippen LogP contribution in [0.5, 0.6) is 11.5 Å². The monoisotopic (exact) mass is 575 g/mol. The van der Waals surface area contributed by atoms with E-state index in [0.717, 1.165) is 24.3 Å². The van der Waals surface area contributed by atoms with Crippen LogP contribution in [-0.4, -0.2) is 85.9 Å². The summed E-state index contributed by atoms with van der Waals surface area (Å²) in [7, 11) is -0.00539. The molecule has 2 saturated heterocycles. The quantitative estimate of drug-likeness (QED) is 0.342. The number of rotatable bonds is 6. The number of sulfone groups is 1. The van der Waals surface area contributed by atoms with E-state index in [0.29, 0.717) is 59.0 Å². The summed E-state index contributed by atoms with van der Waals surface area (Å²) in [5.74, 6) is 1.17. The van der Waals surface area contributed by atoms with Crippen molar-refractivity contribution in [3.05, 3.63) is 65.9 Å². The fraction of sp³-hybridized carbons (Fsp3) is 0.367. The second-order valence-electron chi connectivity index (χ2n) is 10.5. The first-order chi connectivity index (χ1) is 19.8. The summed E-state index contributed by atoms with van der Waals surface area (Å²) in [5.41, 5.74) is 4.15. The first kappa shape index (κ1) is 27.1. The molecule has 41 heavy (non-hydrogen) atoms. The SMILES string of the molecule is COc1ccc(-c2cc(C(=O)N3CCN(c4ccccc4)CC3)c3c(C)nn(C4CCS(=O)(=O)C4)c3n2)cc1OC. The highest BCUT2D eigenvalue weighted by atomic mass is 32.2. The zero-order valence-electron chi connectivity index (χ0n) is 23.4. The Morgan fingerprint density at radius 2 is 1.68 bits per heavy atom. The molecular weight excluding hydrogens is 542 g/mol. The highest BCUT2D eigenvalue weighted by Gasteiger charge is 2.33. The number of pyridine rings is 1. The zero-order valence-corrected chi connectivity index (χ0v) is 24.2. The third kappa shape index (κ3) is 5.10. The van der Waals surface area contributed by atoms with E-state index in [1.807, 2.05) is 48.2 Å². The molecule has 0 bridgehead atoms. The van der Waals surface area contributed by atoms with Gasteiger partial charge in [-0.2, -0.15) is 5.10 Å². The van der Waals surface area contributed by atoms with E-state index < -0.39 is 9.84 Å². The van der Waals surface area contributed by atoms with Gasteiger partial charge in [0, 0.05) is 37.4 Å². The maximum absolute atomic E-state index is 14.2. The van der Waals surface area contributed by atoms with Crippen molar-refractivity contribution >= 4 is 32.5 Å². The maximum Gasteiger partial charge on any atom is 0.254 e. The molecule has 0 N–H and O–H groups in total. The minimum atomic E-state index is -3.15. The molecule has 4 aromatic rings. The number of nitrogens with zero attached hydrogens (tertiary/aromatic N) is 5. The number of aromatic nitrogens is 3. The number of carbonyl (C=O) groups excluding carboxylic acids is 1. The van der Waals surface area contributed by atoms with Gasteiger partial charge < -0.3 is 19.3 Å². The molecule has 2 aliphatic heterocycles. The summed E-state index contributed by atoms with van der Waals surface area (Å²) in [4.78, 5) is 23.3. The number of para-hydroxylation sites is 1. The molecule has 10 nitrogen and oxygen atoms in total. The Morgan fingerprint density at radius 1 is 0.951 bits per heavy atom. The standard InChI is InChI=1S/C30H33N5O5S/c1-20-28-24(30(36)34-14-12-33(13-15-34)22-7-5-4-6-8-22)18-25(21-9-10-26(39-2)27(17-21)40-3)31-29(28)35(32-20)23-11-16-41(37,38)19-23/h4-10,17-18,23H,11-16,19H2,1-3H3. The van der Waals surface area contributed by atoms with Crippen LogP contribution in [0.2, 0.25) is 0 Å². The van der Waals surface area contributed by atoms with E-state index >= 15 is 0 Å². The van der Waals surface area contributed by atoms with Crippen LogP contribution < -0.4 is 14.4 Å². The first-order valence-corrected chi connectivity index (χ1v) is 15.5. The van der Waals surface area contributed by atoms with E-state index in [2.05, 4.69) is 17.0 Å². The molecule has 2 aromatic heterocycles. The second kappa shape index (κ2) is 10.7. The molecule has 4 heterocycles. The van der Waals surface area contributed by atoms with Crippen LogP contribution in [0.1, 0.15) is 28.5 Å². The van der Waals surface area contributed by atoms with Gasteiger partial charge in [-0.05, 0) is 49.7 Å². The van der Waals surface area contributed by atoms with Gasteiger partial charge in [-0.3, -0.25) is 4.79 Å². The van der Waals surface area contributed by atoms with Crippen LogP contribution in [-0.2, 0) is 9.84 Å². The van der Waals surface area contributed by atoms with Crippen molar-refractivity contribution in [3.63, 3.8) is 0 Å². The summed E-state index contributed by atoms with van der Waals surface area (Å²) in [6, 6.07) is 17.2. The minimum Gasteiger partial charge on any atom is -0.493 e. The van der Waals surface area contributed by atoms with Crippen molar-refractivity contribution in [2.75, 3.05) is 56.8 Å². The lowest BCUT2D eigenvalue weighted by atomic mass is 10.0. The normalized spacial score (nSPS) is 18.6. The molecule has 1 unspecified atom stereocenters. The Morgan fingerprint density at radius 3 is 2.34 bits per heavy atom. The molecule has 2 aliphatic rings. The minimum absolute atomic E-state index is 0.0101. The molecule has 1 atom stereocenters. The average Bonchev–Trinajstić information content (AvgIpc) is 3.54. The van der Waals surface area contributed by atoms with E-state index in [9.17, 15) is 13.2 Å². The van der Waals surface area contributed by atoms with Crippen LogP contribution in [0.15, 0.2) is 54.6 Å². The maximum atomic E-state index is 14.2. The number of amides is 1. The molecule has 0 spiro atoms. The van der Waals surface area contributed by atoms with Gasteiger partial charge in [0.1, 0.15) is 0 Å². The lowest BCUT2D eigenvalue weighted by Crippen LogP contribution is -2.48. The zero-order chi connectivity index (χ0) is 28.7. The smallest absolute Gasteiger partial charge is 0.254 e. The topological polar surface area (TPSA) is 107 Å². The van der Waals surface area contributed by atoms with Crippen LogP contribution in [0.4, 0.5) is 5.69 Å². The number of ether oxygens (including phenoxy) is 2. The van der Waals surface area contributed by atoms with Gasteiger partial charge in [-0.1, -0.05) is 18.2 Å². The fourth-order valence-electron chi connectivity index (χ4n) is 5.82. The number of hydrogen-bond acceptors (Lipinski definition) is 8. The summed E-state index contributed by atoms with van der Waals surface area (Å²) >= 11 is 0. The van der Waals surface area contributed by atoms with Crippen molar-refractivity contribution in [1.29, 1.82) is 0 Å². The molecule has 0 saturated carbocycles. The van der Waals surface area contributed by atoms with E-state index in [1.54, 1.807) is 25.0 Å². The number of aryl methyl sites for hydroxylation is 1. The van der Waals surface area contributed by atoms with Crippen LogP contribution in [0.3, 0.4) is 0 Å². The average molecular weight is 576 g/mol. The van der Waals surface area contributed by atoms with Crippen molar-refractivity contribution in [1.82, 2.24) is 19.7 Å². The van der Waals surface area contributed by atoms with Gasteiger partial charge in [0.15, 0.2) is 27.0 Å². The van der Waals surface area contributed by atoms with E-state index in [4.69, 9.17) is 19.6 Å². The van der Waals surface area contributed by atoms with Crippen LogP contribution >= 0.6 is 0 Å². The Labute approximate surface area is 239 Å². The fourth-order valence-corrected chi connectivity index (χ4v) is 7.52. The van der Waals surface area contributed by atoms with Gasteiger partial charge in [0.2, 0.25) is 0 Å². The van der Waals surface area contributed by atoms with Crippen molar-refractivity contribution in [2.45, 2.75) is 19.4 Å². The summed E-state index contributed by atoms with van der Waals surface area (Å²) in [6.45, 7) is 4.47. The Kier molecular flexibility index (Phi) is 7.06. The molecular formula is C30H33N5O5S. The number of hydrogen-bond donors (Lipinski definition) is 0. The summed E-state index contributed by atoms with van der Waals surface area (Å²) < 4.78 is 37.3. The largest absolute Gasteiger partial charge is 0.493 e. The van der Waals surface area contributed by atoms with Crippen LogP contribution in [0, 0.1) is 6.92 Å². The summed E-state index contributed by atoms with van der Waals surface area (Å²) in [6.07, 6.45) is 0.464. The predicted molar refractivity (Wildman–Crippen MR) is 158 cm³/mol. The number of methoxy groups -OCH3 is 2. The summed E-state index contributed by atoms with van der Waals surface area (Å²) in [5, 5.41) is 5.40. The van der Waals surface area contributed by atoms with Gasteiger partial charge >= 0.3 is 0 Å². The lowest BCUT2D eigenvalue weighted by Gasteiger charge is -2.36. The van der Waals surface area contributed by atoms with Crippen molar-refractivity contribution < 1.29 is 22.7 Å². The van der Waals surface area contributed by atoms with Gasteiger partial charge in [0.05, 0.1) is 54.1 Å². The second-order valence-corrected chi connectivity index (χ2v) is 12.8. The molecule has 0 aliphatic carbocycles. The van der Waals surface area contributed by atoms with Gasteiger partial charge in [0.25, 0.3) is 5.91 Å².